The van der Waals surface area contributed by atoms with Crippen LogP contribution in [0.5, 0.6) is 0 Å². The van der Waals surface area contributed by atoms with E-state index in [1.807, 2.05) is 32.0 Å². The van der Waals surface area contributed by atoms with E-state index in [-0.39, 0.29) is 17.3 Å². The topological polar surface area (TPSA) is 78.5 Å². The van der Waals surface area contributed by atoms with Gasteiger partial charge in [0.25, 0.3) is 0 Å². The van der Waals surface area contributed by atoms with Gasteiger partial charge in [-0.15, -0.1) is 0 Å². The number of carbonyl (C=O) groups excluding carboxylic acids is 1. The highest BCUT2D eigenvalue weighted by atomic mass is 32.2. The minimum Gasteiger partial charge on any atom is -0.376 e. The van der Waals surface area contributed by atoms with Crippen LogP contribution < -0.4 is 10.6 Å². The van der Waals surface area contributed by atoms with Crippen molar-refractivity contribution in [2.75, 3.05) is 30.3 Å². The second kappa shape index (κ2) is 9.01. The molecule has 6 nitrogen and oxygen atoms in total. The molecule has 0 bridgehead atoms. The Morgan fingerprint density at radius 1 is 0.963 bits per heavy atom. The molecule has 0 heterocycles. The van der Waals surface area contributed by atoms with Crippen molar-refractivity contribution in [3.05, 3.63) is 53.6 Å². The molecule has 0 unspecified atom stereocenters. The number of sulfonamides is 1. The Morgan fingerprint density at radius 3 is 2.04 bits per heavy atom. The van der Waals surface area contributed by atoms with Crippen molar-refractivity contribution in [1.82, 2.24) is 4.31 Å². The molecule has 0 aliphatic carbocycles. The van der Waals surface area contributed by atoms with Crippen molar-refractivity contribution in [2.24, 2.45) is 0 Å². The van der Waals surface area contributed by atoms with Gasteiger partial charge in [0, 0.05) is 24.5 Å². The highest BCUT2D eigenvalue weighted by Crippen LogP contribution is 2.20. The summed E-state index contributed by atoms with van der Waals surface area (Å²) in [4.78, 5) is 12.4. The second-order valence-electron chi connectivity index (χ2n) is 6.28. The molecule has 0 aliphatic heterocycles. The summed E-state index contributed by atoms with van der Waals surface area (Å²) in [5.41, 5.74) is 3.66. The summed E-state index contributed by atoms with van der Waals surface area (Å²) < 4.78 is 26.4. The molecule has 0 fully saturated rings. The molecule has 2 N–H and O–H groups in total. The van der Waals surface area contributed by atoms with Crippen molar-refractivity contribution >= 4 is 27.3 Å². The van der Waals surface area contributed by atoms with Gasteiger partial charge in [-0.25, -0.2) is 8.42 Å². The normalized spacial score (nSPS) is 11.4. The van der Waals surface area contributed by atoms with E-state index >= 15 is 0 Å². The third-order valence-electron chi connectivity index (χ3n) is 4.39. The Bertz CT molecular complexity index is 869. The molecule has 0 atom stereocenters. The van der Waals surface area contributed by atoms with E-state index in [0.29, 0.717) is 18.8 Å². The van der Waals surface area contributed by atoms with Crippen LogP contribution in [-0.4, -0.2) is 38.3 Å². The maximum Gasteiger partial charge on any atom is 0.243 e. The fourth-order valence-corrected chi connectivity index (χ4v) is 4.35. The maximum atomic E-state index is 12.5. The van der Waals surface area contributed by atoms with Crippen molar-refractivity contribution in [3.8, 4) is 0 Å². The van der Waals surface area contributed by atoms with Crippen LogP contribution in [0.3, 0.4) is 0 Å². The molecule has 0 saturated heterocycles. The fraction of sp³-hybridized carbons (Fsp3) is 0.350. The van der Waals surface area contributed by atoms with Crippen LogP contribution in [0.4, 0.5) is 11.4 Å². The molecule has 2 aromatic carbocycles. The standard InChI is InChI=1S/C20H27N3O3S/c1-5-23(6-2)27(25,26)18-12-10-17(11-13-18)22-19(24)14-21-20-15(3)8-7-9-16(20)4/h7-13,21H,5-6,14H2,1-4H3,(H,22,24). The van der Waals surface area contributed by atoms with Crippen LogP contribution in [0.25, 0.3) is 0 Å². The van der Waals surface area contributed by atoms with Gasteiger partial charge >= 0.3 is 0 Å². The first-order chi connectivity index (χ1) is 12.8. The van der Waals surface area contributed by atoms with Gasteiger partial charge in [0.2, 0.25) is 15.9 Å². The lowest BCUT2D eigenvalue weighted by molar-refractivity contribution is -0.114. The van der Waals surface area contributed by atoms with Crippen molar-refractivity contribution in [2.45, 2.75) is 32.6 Å². The molecule has 0 saturated carbocycles. The molecule has 0 spiro atoms. The number of hydrogen-bond donors (Lipinski definition) is 2. The summed E-state index contributed by atoms with van der Waals surface area (Å²) in [5.74, 6) is -0.197. The SMILES string of the molecule is CCN(CC)S(=O)(=O)c1ccc(NC(=O)CNc2c(C)cccc2C)cc1. The summed E-state index contributed by atoms with van der Waals surface area (Å²) in [7, 11) is -3.49. The van der Waals surface area contributed by atoms with Crippen LogP contribution in [0.15, 0.2) is 47.4 Å². The van der Waals surface area contributed by atoms with Crippen LogP contribution in [0.1, 0.15) is 25.0 Å². The average molecular weight is 390 g/mol. The minimum absolute atomic E-state index is 0.130. The van der Waals surface area contributed by atoms with Gasteiger partial charge in [0.05, 0.1) is 11.4 Å². The number of para-hydroxylation sites is 1. The van der Waals surface area contributed by atoms with E-state index in [2.05, 4.69) is 10.6 Å². The second-order valence-corrected chi connectivity index (χ2v) is 8.22. The summed E-state index contributed by atoms with van der Waals surface area (Å²) >= 11 is 0. The van der Waals surface area contributed by atoms with Gasteiger partial charge in [0.1, 0.15) is 0 Å². The third kappa shape index (κ3) is 5.08. The number of nitrogens with zero attached hydrogens (tertiary/aromatic N) is 1. The summed E-state index contributed by atoms with van der Waals surface area (Å²) in [5, 5.41) is 5.93. The van der Waals surface area contributed by atoms with Gasteiger partial charge in [0.15, 0.2) is 0 Å². The summed E-state index contributed by atoms with van der Waals surface area (Å²) in [6.07, 6.45) is 0. The smallest absolute Gasteiger partial charge is 0.243 e. The average Bonchev–Trinajstić information content (AvgIpc) is 2.62. The highest BCUT2D eigenvalue weighted by molar-refractivity contribution is 7.89. The van der Waals surface area contributed by atoms with Crippen molar-refractivity contribution < 1.29 is 13.2 Å². The Kier molecular flexibility index (Phi) is 6.98. The minimum atomic E-state index is -3.49. The lowest BCUT2D eigenvalue weighted by atomic mass is 10.1. The highest BCUT2D eigenvalue weighted by Gasteiger charge is 2.21. The largest absolute Gasteiger partial charge is 0.376 e. The van der Waals surface area contributed by atoms with Crippen molar-refractivity contribution in [1.29, 1.82) is 0 Å². The van der Waals surface area contributed by atoms with Gasteiger partial charge in [-0.3, -0.25) is 4.79 Å². The van der Waals surface area contributed by atoms with Crippen LogP contribution >= 0.6 is 0 Å². The first-order valence-electron chi connectivity index (χ1n) is 8.99. The molecule has 146 valence electrons. The molecule has 0 aromatic heterocycles. The molecule has 7 heteroatoms. The zero-order valence-electron chi connectivity index (χ0n) is 16.2. The monoisotopic (exact) mass is 389 g/mol. The Labute approximate surface area is 161 Å². The van der Waals surface area contributed by atoms with E-state index in [1.165, 1.54) is 16.4 Å². The maximum absolute atomic E-state index is 12.5. The van der Waals surface area contributed by atoms with Gasteiger partial charge in [-0.1, -0.05) is 32.0 Å². The molecule has 0 radical (unpaired) electrons. The molecule has 0 aliphatic rings. The van der Waals surface area contributed by atoms with Crippen LogP contribution in [0, 0.1) is 13.8 Å². The predicted molar refractivity (Wildman–Crippen MR) is 110 cm³/mol. The fourth-order valence-electron chi connectivity index (χ4n) is 2.89. The molecule has 1 amide bonds. The van der Waals surface area contributed by atoms with Gasteiger partial charge < -0.3 is 10.6 Å². The van der Waals surface area contributed by atoms with Gasteiger partial charge in [-0.05, 0) is 49.2 Å². The van der Waals surface area contributed by atoms with Crippen LogP contribution in [0.2, 0.25) is 0 Å². The Morgan fingerprint density at radius 2 is 1.52 bits per heavy atom. The zero-order valence-corrected chi connectivity index (χ0v) is 17.1. The summed E-state index contributed by atoms with van der Waals surface area (Å²) in [6.45, 7) is 8.55. The first-order valence-corrected chi connectivity index (χ1v) is 10.4. The zero-order chi connectivity index (χ0) is 20.0. The third-order valence-corrected chi connectivity index (χ3v) is 6.45. The predicted octanol–water partition coefficient (Wildman–Crippen LogP) is 3.38. The quantitative estimate of drug-likeness (QED) is 0.725. The molecule has 2 rings (SSSR count). The number of benzene rings is 2. The lowest BCUT2D eigenvalue weighted by Gasteiger charge is -2.18. The number of amides is 1. The summed E-state index contributed by atoms with van der Waals surface area (Å²) in [6, 6.07) is 12.2. The lowest BCUT2D eigenvalue weighted by Crippen LogP contribution is -2.30. The molecular formula is C20H27N3O3S. The Hall–Kier alpha value is -2.38. The number of carbonyl (C=O) groups is 1. The van der Waals surface area contributed by atoms with E-state index < -0.39 is 10.0 Å². The van der Waals surface area contributed by atoms with E-state index in [0.717, 1.165) is 16.8 Å². The Balaban J connectivity index is 2.01. The number of nitrogens with one attached hydrogen (secondary N) is 2. The number of anilines is 2. The number of rotatable bonds is 8. The molecular weight excluding hydrogens is 362 g/mol. The van der Waals surface area contributed by atoms with Gasteiger partial charge in [-0.2, -0.15) is 4.31 Å². The van der Waals surface area contributed by atoms with Crippen LogP contribution in [-0.2, 0) is 14.8 Å². The van der Waals surface area contributed by atoms with E-state index in [9.17, 15) is 13.2 Å². The van der Waals surface area contributed by atoms with E-state index in [4.69, 9.17) is 0 Å². The van der Waals surface area contributed by atoms with E-state index in [1.54, 1.807) is 26.0 Å². The first kappa shape index (κ1) is 20.9. The van der Waals surface area contributed by atoms with Crippen molar-refractivity contribution in [3.63, 3.8) is 0 Å². The number of aryl methyl sites for hydroxylation is 2. The number of hydrogen-bond acceptors (Lipinski definition) is 4. The molecule has 2 aromatic rings. The molecule has 27 heavy (non-hydrogen) atoms.